The average molecular weight is 588 g/mol. The number of alkyl halides is 6. The lowest BCUT2D eigenvalue weighted by Crippen LogP contribution is -2.29. The summed E-state index contributed by atoms with van der Waals surface area (Å²) in [6.45, 7) is 0. The second-order valence-electron chi connectivity index (χ2n) is 5.65. The van der Waals surface area contributed by atoms with Gasteiger partial charge in [0.25, 0.3) is 10.1 Å². The van der Waals surface area contributed by atoms with Gasteiger partial charge in [0.05, 0.1) is 11.9 Å². The molecule has 0 aliphatic rings. The Morgan fingerprint density at radius 1 is 0.933 bits per heavy atom. The minimum atomic E-state index is -5.25. The van der Waals surface area contributed by atoms with Gasteiger partial charge in [0, 0.05) is 21.2 Å². The van der Waals surface area contributed by atoms with Crippen molar-refractivity contribution in [3.63, 3.8) is 0 Å². The molecule has 2 aromatic heterocycles. The fourth-order valence-corrected chi connectivity index (χ4v) is 3.55. The highest BCUT2D eigenvalue weighted by atomic mass is 79.9. The molecular weight excluding hydrogens is 578 g/mol. The highest BCUT2D eigenvalue weighted by Gasteiger charge is 2.48. The van der Waals surface area contributed by atoms with Crippen LogP contribution in [0.1, 0.15) is 23.6 Å². The van der Waals surface area contributed by atoms with Crippen LogP contribution in [0.15, 0.2) is 39.4 Å². The molecule has 0 saturated heterocycles. The summed E-state index contributed by atoms with van der Waals surface area (Å²) in [5.41, 5.74) is -1.62. The quantitative estimate of drug-likeness (QED) is 0.339. The molecule has 0 N–H and O–H groups in total. The topological polar surface area (TPSA) is 78.4 Å². The van der Waals surface area contributed by atoms with E-state index in [2.05, 4.69) is 46.0 Å². The fourth-order valence-electron chi connectivity index (χ4n) is 2.11. The SMILES string of the molecule is CS(=O)(=O)OC(c1nc(OC(c2ncccc2Br)C(F)(F)F)ccc1Br)C(F)(F)F. The predicted octanol–water partition coefficient (Wildman–Crippen LogP) is 5.26. The highest BCUT2D eigenvalue weighted by Crippen LogP contribution is 2.42. The molecule has 2 unspecified atom stereocenters. The number of aromatic nitrogens is 2. The van der Waals surface area contributed by atoms with Crippen LogP contribution in [-0.4, -0.2) is 37.0 Å². The monoisotopic (exact) mass is 586 g/mol. The van der Waals surface area contributed by atoms with E-state index in [4.69, 9.17) is 4.74 Å². The van der Waals surface area contributed by atoms with Gasteiger partial charge in [-0.1, -0.05) is 0 Å². The van der Waals surface area contributed by atoms with Crippen LogP contribution in [0.25, 0.3) is 0 Å². The number of hydrogen-bond acceptors (Lipinski definition) is 6. The Kier molecular flexibility index (Phi) is 7.41. The van der Waals surface area contributed by atoms with E-state index in [0.717, 1.165) is 18.3 Å². The second kappa shape index (κ2) is 8.96. The molecule has 0 radical (unpaired) electrons. The summed E-state index contributed by atoms with van der Waals surface area (Å²) in [5, 5.41) is 0. The van der Waals surface area contributed by atoms with Gasteiger partial charge in [-0.2, -0.15) is 34.8 Å². The van der Waals surface area contributed by atoms with Crippen LogP contribution in [0.2, 0.25) is 0 Å². The third kappa shape index (κ3) is 6.52. The van der Waals surface area contributed by atoms with Crippen molar-refractivity contribution in [3.05, 3.63) is 50.8 Å². The molecule has 2 heterocycles. The lowest BCUT2D eigenvalue weighted by molar-refractivity contribution is -0.202. The minimum absolute atomic E-state index is 0.0572. The van der Waals surface area contributed by atoms with Crippen LogP contribution in [0.4, 0.5) is 26.3 Å². The van der Waals surface area contributed by atoms with Crippen molar-refractivity contribution in [1.29, 1.82) is 0 Å². The molecule has 0 amide bonds. The van der Waals surface area contributed by atoms with E-state index in [1.807, 2.05) is 0 Å². The van der Waals surface area contributed by atoms with E-state index in [0.29, 0.717) is 6.26 Å². The minimum Gasteiger partial charge on any atom is -0.458 e. The molecule has 0 spiro atoms. The van der Waals surface area contributed by atoms with Crippen molar-refractivity contribution >= 4 is 42.0 Å². The van der Waals surface area contributed by atoms with Gasteiger partial charge in [0.15, 0.2) is 0 Å². The summed E-state index contributed by atoms with van der Waals surface area (Å²) in [6.07, 6.45) is -14.5. The van der Waals surface area contributed by atoms with Crippen LogP contribution in [0.5, 0.6) is 5.88 Å². The molecule has 0 fully saturated rings. The number of halogens is 8. The number of pyridine rings is 2. The van der Waals surface area contributed by atoms with Gasteiger partial charge in [-0.3, -0.25) is 9.17 Å². The zero-order valence-corrected chi connectivity index (χ0v) is 18.5. The Balaban J connectivity index is 2.52. The molecule has 0 aliphatic carbocycles. The van der Waals surface area contributed by atoms with Gasteiger partial charge in [0.1, 0.15) is 5.69 Å². The van der Waals surface area contributed by atoms with Crippen molar-refractivity contribution in [2.45, 2.75) is 24.6 Å². The molecule has 0 bridgehead atoms. The molecule has 2 aromatic rings. The Labute approximate surface area is 183 Å². The summed E-state index contributed by atoms with van der Waals surface area (Å²) in [5.74, 6) is -0.862. The molecule has 2 atom stereocenters. The smallest absolute Gasteiger partial charge is 0.431 e. The molecular formula is C15H10Br2F6N2O4S. The number of rotatable bonds is 6. The van der Waals surface area contributed by atoms with Crippen molar-refractivity contribution < 1.29 is 43.7 Å². The van der Waals surface area contributed by atoms with Gasteiger partial charge >= 0.3 is 12.4 Å². The highest BCUT2D eigenvalue weighted by molar-refractivity contribution is 9.10. The Bertz CT molecular complexity index is 1020. The van der Waals surface area contributed by atoms with Gasteiger partial charge in [-0.05, 0) is 50.1 Å². The van der Waals surface area contributed by atoms with Gasteiger partial charge in [-0.15, -0.1) is 0 Å². The number of ether oxygens (including phenoxy) is 1. The first kappa shape index (κ1) is 24.8. The van der Waals surface area contributed by atoms with E-state index in [-0.39, 0.29) is 8.95 Å². The van der Waals surface area contributed by atoms with Crippen molar-refractivity contribution in [1.82, 2.24) is 9.97 Å². The molecule has 0 aromatic carbocycles. The third-order valence-electron chi connectivity index (χ3n) is 3.24. The van der Waals surface area contributed by atoms with Crippen LogP contribution in [0, 0.1) is 0 Å². The normalized spacial score (nSPS) is 15.0. The van der Waals surface area contributed by atoms with Crippen molar-refractivity contribution in [2.75, 3.05) is 6.26 Å². The molecule has 0 saturated carbocycles. The van der Waals surface area contributed by atoms with E-state index in [1.54, 1.807) is 0 Å². The summed E-state index contributed by atoms with van der Waals surface area (Å²) in [7, 11) is -4.60. The Morgan fingerprint density at radius 2 is 1.50 bits per heavy atom. The van der Waals surface area contributed by atoms with E-state index >= 15 is 0 Å². The van der Waals surface area contributed by atoms with Crippen molar-refractivity contribution in [2.24, 2.45) is 0 Å². The Morgan fingerprint density at radius 3 is 2.00 bits per heavy atom. The zero-order valence-electron chi connectivity index (χ0n) is 14.5. The first-order valence-electron chi connectivity index (χ1n) is 7.55. The van der Waals surface area contributed by atoms with Crippen LogP contribution in [0.3, 0.4) is 0 Å². The number of hydrogen-bond donors (Lipinski definition) is 0. The lowest BCUT2D eigenvalue weighted by atomic mass is 10.2. The standard InChI is InChI=1S/C15H10Br2F6N2O4S/c1-30(26,27)29-13(15(21,22)23)11-8(17)4-5-9(25-11)28-12(14(18,19)20)10-7(16)3-2-6-24-10/h2-6,12-13H,1H3. The van der Waals surface area contributed by atoms with Gasteiger partial charge in [-0.25, -0.2) is 4.98 Å². The molecule has 15 heteroatoms. The summed E-state index contributed by atoms with van der Waals surface area (Å²) >= 11 is 5.66. The molecule has 6 nitrogen and oxygen atoms in total. The van der Waals surface area contributed by atoms with Gasteiger partial charge in [0.2, 0.25) is 18.1 Å². The van der Waals surface area contributed by atoms with Crippen LogP contribution in [-0.2, 0) is 14.3 Å². The van der Waals surface area contributed by atoms with E-state index in [9.17, 15) is 34.8 Å². The second-order valence-corrected chi connectivity index (χ2v) is 8.96. The maximum absolute atomic E-state index is 13.5. The Hall–Kier alpha value is -1.45. The third-order valence-corrected chi connectivity index (χ3v) is 5.12. The molecule has 166 valence electrons. The molecule has 0 aliphatic heterocycles. The largest absolute Gasteiger partial charge is 0.458 e. The molecule has 30 heavy (non-hydrogen) atoms. The first-order valence-corrected chi connectivity index (χ1v) is 10.9. The van der Waals surface area contributed by atoms with E-state index < -0.39 is 51.9 Å². The maximum Gasteiger partial charge on any atom is 0.431 e. The summed E-state index contributed by atoms with van der Waals surface area (Å²) in [4.78, 5) is 7.00. The van der Waals surface area contributed by atoms with E-state index in [1.165, 1.54) is 12.1 Å². The average Bonchev–Trinajstić information content (AvgIpc) is 2.57. The van der Waals surface area contributed by atoms with Crippen LogP contribution >= 0.6 is 31.9 Å². The number of nitrogens with zero attached hydrogens (tertiary/aromatic N) is 2. The molecule has 2 rings (SSSR count). The predicted molar refractivity (Wildman–Crippen MR) is 98.0 cm³/mol. The van der Waals surface area contributed by atoms with Gasteiger partial charge < -0.3 is 4.74 Å². The van der Waals surface area contributed by atoms with Crippen LogP contribution < -0.4 is 4.74 Å². The zero-order chi connectivity index (χ0) is 22.9. The summed E-state index contributed by atoms with van der Waals surface area (Å²) in [6, 6.07) is 4.41. The fraction of sp³-hybridized carbons (Fsp3) is 0.333. The summed E-state index contributed by atoms with van der Waals surface area (Å²) < 4.78 is 111. The maximum atomic E-state index is 13.5. The van der Waals surface area contributed by atoms with Crippen molar-refractivity contribution in [3.8, 4) is 5.88 Å². The first-order chi connectivity index (χ1) is 13.6. The lowest BCUT2D eigenvalue weighted by Gasteiger charge is -2.23.